The third-order valence-corrected chi connectivity index (χ3v) is 5.41. The van der Waals surface area contributed by atoms with Crippen molar-refractivity contribution in [1.29, 1.82) is 0 Å². The van der Waals surface area contributed by atoms with Gasteiger partial charge in [-0.2, -0.15) is 0 Å². The zero-order chi connectivity index (χ0) is 19.9. The number of nitrogens with zero attached hydrogens (tertiary/aromatic N) is 3. The number of amides is 1. The van der Waals surface area contributed by atoms with E-state index in [-0.39, 0.29) is 34.0 Å². The lowest BCUT2D eigenvalue weighted by molar-refractivity contribution is 0.0877. The summed E-state index contributed by atoms with van der Waals surface area (Å²) in [5.74, 6) is 0.494. The Kier molecular flexibility index (Phi) is 4.74. The van der Waals surface area contributed by atoms with Gasteiger partial charge in [0.25, 0.3) is 11.5 Å². The minimum atomic E-state index is -0.702. The molecule has 2 aromatic rings. The van der Waals surface area contributed by atoms with Crippen LogP contribution in [0.25, 0.3) is 0 Å². The van der Waals surface area contributed by atoms with Crippen LogP contribution in [0.1, 0.15) is 56.4 Å². The van der Waals surface area contributed by atoms with Crippen molar-refractivity contribution < 1.29 is 9.53 Å². The van der Waals surface area contributed by atoms with Crippen LogP contribution >= 0.6 is 11.6 Å². The van der Waals surface area contributed by atoms with Gasteiger partial charge in [-0.05, 0) is 45.6 Å². The number of rotatable bonds is 4. The molecule has 2 aliphatic rings. The Bertz CT molecular complexity index is 982. The monoisotopic (exact) mass is 403 g/mol. The number of anilines is 2. The number of hydrogen-bond acceptors (Lipinski definition) is 6. The predicted octanol–water partition coefficient (Wildman–Crippen LogP) is 3.18. The van der Waals surface area contributed by atoms with Crippen molar-refractivity contribution in [3.05, 3.63) is 39.7 Å². The van der Waals surface area contributed by atoms with Crippen LogP contribution in [0.15, 0.2) is 23.4 Å². The lowest BCUT2D eigenvalue weighted by atomic mass is 9.89. The van der Waals surface area contributed by atoms with Gasteiger partial charge in [-0.3, -0.25) is 14.2 Å². The largest absolute Gasteiger partial charge is 0.485 e. The van der Waals surface area contributed by atoms with E-state index in [4.69, 9.17) is 16.3 Å². The zero-order valence-corrected chi connectivity index (χ0v) is 16.5. The maximum absolute atomic E-state index is 13.3. The van der Waals surface area contributed by atoms with Gasteiger partial charge in [-0.1, -0.05) is 18.0 Å². The zero-order valence-electron chi connectivity index (χ0n) is 15.8. The summed E-state index contributed by atoms with van der Waals surface area (Å²) >= 11 is 6.41. The summed E-state index contributed by atoms with van der Waals surface area (Å²) in [6.45, 7) is 3.78. The molecule has 0 atom stereocenters. The van der Waals surface area contributed by atoms with Crippen LogP contribution in [0.2, 0.25) is 5.02 Å². The number of hydrogen-bond donors (Lipinski definition) is 2. The second-order valence-corrected chi connectivity index (χ2v) is 7.88. The third-order valence-electron chi connectivity index (χ3n) is 5.12. The molecular formula is C19H22ClN5O3. The average Bonchev–Trinajstić information content (AvgIpc) is 2.93. The van der Waals surface area contributed by atoms with Gasteiger partial charge in [0.15, 0.2) is 11.6 Å². The Morgan fingerprint density at radius 3 is 2.75 bits per heavy atom. The Morgan fingerprint density at radius 2 is 2.04 bits per heavy atom. The smallest absolute Gasteiger partial charge is 0.276 e. The molecule has 1 fully saturated rings. The fourth-order valence-corrected chi connectivity index (χ4v) is 4.26. The number of aromatic nitrogens is 3. The van der Waals surface area contributed by atoms with Crippen molar-refractivity contribution in [2.45, 2.75) is 57.7 Å². The van der Waals surface area contributed by atoms with Crippen LogP contribution in [-0.4, -0.2) is 26.5 Å². The summed E-state index contributed by atoms with van der Waals surface area (Å²) < 4.78 is 7.24. The van der Waals surface area contributed by atoms with Crippen molar-refractivity contribution in [2.24, 2.45) is 0 Å². The van der Waals surface area contributed by atoms with E-state index in [1.54, 1.807) is 0 Å². The average molecular weight is 404 g/mol. The summed E-state index contributed by atoms with van der Waals surface area (Å²) in [5.41, 5.74) is -0.553. The van der Waals surface area contributed by atoms with Crippen LogP contribution in [0.3, 0.4) is 0 Å². The first kappa shape index (κ1) is 18.7. The van der Waals surface area contributed by atoms with E-state index in [9.17, 15) is 9.59 Å². The molecule has 28 heavy (non-hydrogen) atoms. The summed E-state index contributed by atoms with van der Waals surface area (Å²) in [5, 5.41) is 6.25. The van der Waals surface area contributed by atoms with Crippen molar-refractivity contribution in [3.8, 4) is 5.75 Å². The van der Waals surface area contributed by atoms with Crippen molar-refractivity contribution in [2.75, 3.05) is 5.32 Å². The standard InChI is InChI=1S/C19H22ClN5O3/c1-11(2)28-14-9-21-10-22-16(14)23-13-8-12(20)15-17(26)24-19(25(15)18(13)27)6-4-3-5-7-19/h8-11H,3-7H2,1-2H3,(H,24,26)(H,21,22,23). The van der Waals surface area contributed by atoms with Crippen LogP contribution in [0, 0.1) is 0 Å². The molecule has 0 bridgehead atoms. The number of nitrogens with one attached hydrogen (secondary N) is 2. The van der Waals surface area contributed by atoms with E-state index in [2.05, 4.69) is 20.6 Å². The molecule has 0 radical (unpaired) electrons. The fourth-order valence-electron chi connectivity index (χ4n) is 3.98. The van der Waals surface area contributed by atoms with Gasteiger partial charge in [-0.25, -0.2) is 9.97 Å². The van der Waals surface area contributed by atoms with Crippen LogP contribution in [0.4, 0.5) is 11.5 Å². The highest BCUT2D eigenvalue weighted by Gasteiger charge is 2.45. The summed E-state index contributed by atoms with van der Waals surface area (Å²) in [6, 6.07) is 1.47. The molecule has 148 valence electrons. The number of pyridine rings is 1. The molecule has 2 N–H and O–H groups in total. The Balaban J connectivity index is 1.80. The molecule has 8 nitrogen and oxygen atoms in total. The molecule has 9 heteroatoms. The molecule has 4 rings (SSSR count). The molecule has 1 saturated carbocycles. The molecule has 0 unspecified atom stereocenters. The topological polar surface area (TPSA) is 98.1 Å². The van der Waals surface area contributed by atoms with E-state index < -0.39 is 5.66 Å². The first-order valence-electron chi connectivity index (χ1n) is 9.43. The molecule has 1 amide bonds. The number of halogens is 1. The maximum Gasteiger partial charge on any atom is 0.276 e. The van der Waals surface area contributed by atoms with Crippen molar-refractivity contribution >= 4 is 29.0 Å². The highest BCUT2D eigenvalue weighted by Crippen LogP contribution is 2.38. The Labute approximate surface area is 167 Å². The minimum Gasteiger partial charge on any atom is -0.485 e. The molecule has 3 heterocycles. The number of fused-ring (bicyclic) bond motifs is 2. The van der Waals surface area contributed by atoms with Gasteiger partial charge in [0.1, 0.15) is 23.4 Å². The first-order chi connectivity index (χ1) is 13.4. The van der Waals surface area contributed by atoms with E-state index in [0.29, 0.717) is 24.4 Å². The normalized spacial score (nSPS) is 17.5. The van der Waals surface area contributed by atoms with Crippen LogP contribution in [-0.2, 0) is 5.66 Å². The third kappa shape index (κ3) is 3.11. The van der Waals surface area contributed by atoms with Crippen molar-refractivity contribution in [1.82, 2.24) is 19.9 Å². The molecule has 2 aromatic heterocycles. The van der Waals surface area contributed by atoms with Crippen LogP contribution in [0.5, 0.6) is 5.75 Å². The summed E-state index contributed by atoms with van der Waals surface area (Å²) in [7, 11) is 0. The molecule has 1 aliphatic heterocycles. The van der Waals surface area contributed by atoms with E-state index in [1.807, 2.05) is 13.8 Å². The number of carbonyl (C=O) groups is 1. The highest BCUT2D eigenvalue weighted by atomic mass is 35.5. The quantitative estimate of drug-likeness (QED) is 0.813. The lowest BCUT2D eigenvalue weighted by Gasteiger charge is -2.35. The van der Waals surface area contributed by atoms with Gasteiger partial charge in [0, 0.05) is 0 Å². The molecule has 0 saturated heterocycles. The summed E-state index contributed by atoms with van der Waals surface area (Å²) in [4.78, 5) is 34.0. The molecule has 1 aliphatic carbocycles. The number of ether oxygens (including phenoxy) is 1. The first-order valence-corrected chi connectivity index (χ1v) is 9.81. The molecule has 1 spiro atoms. The minimum absolute atomic E-state index is 0.0800. The van der Waals surface area contributed by atoms with E-state index in [1.165, 1.54) is 23.2 Å². The highest BCUT2D eigenvalue weighted by molar-refractivity contribution is 6.34. The maximum atomic E-state index is 13.3. The van der Waals surface area contributed by atoms with E-state index >= 15 is 0 Å². The van der Waals surface area contributed by atoms with Gasteiger partial charge in [-0.15, -0.1) is 0 Å². The van der Waals surface area contributed by atoms with E-state index in [0.717, 1.165) is 19.3 Å². The van der Waals surface area contributed by atoms with Gasteiger partial charge >= 0.3 is 0 Å². The van der Waals surface area contributed by atoms with Crippen LogP contribution < -0.4 is 20.9 Å². The second kappa shape index (κ2) is 7.09. The van der Waals surface area contributed by atoms with Gasteiger partial charge in [0.2, 0.25) is 0 Å². The molecular weight excluding hydrogens is 382 g/mol. The van der Waals surface area contributed by atoms with Gasteiger partial charge in [0.05, 0.1) is 17.3 Å². The SMILES string of the molecule is CC(C)Oc1cncnc1Nc1cc(Cl)c2n(c1=O)C1(CCCCC1)NC2=O. The van der Waals surface area contributed by atoms with Crippen molar-refractivity contribution in [3.63, 3.8) is 0 Å². The Morgan fingerprint density at radius 1 is 1.29 bits per heavy atom. The second-order valence-electron chi connectivity index (χ2n) is 7.47. The fraction of sp³-hybridized carbons (Fsp3) is 0.474. The Hall–Kier alpha value is -2.61. The molecule has 0 aromatic carbocycles. The van der Waals surface area contributed by atoms with Gasteiger partial charge < -0.3 is 15.4 Å². The number of carbonyl (C=O) groups excluding carboxylic acids is 1. The predicted molar refractivity (Wildman–Crippen MR) is 105 cm³/mol. The lowest BCUT2D eigenvalue weighted by Crippen LogP contribution is -2.48. The summed E-state index contributed by atoms with van der Waals surface area (Å²) in [6.07, 6.45) is 7.22.